The average molecular weight is 548 g/mol. The van der Waals surface area contributed by atoms with Crippen molar-refractivity contribution in [2.45, 2.75) is 0 Å². The molecular formula is C23H17BrClFN4O4. The van der Waals surface area contributed by atoms with Gasteiger partial charge < -0.3 is 29.2 Å². The molecule has 0 spiro atoms. The minimum atomic E-state index is -0.483. The molecule has 5 rings (SSSR count). The Hall–Kier alpha value is -3.50. The van der Waals surface area contributed by atoms with Crippen LogP contribution in [0.4, 0.5) is 15.9 Å². The lowest BCUT2D eigenvalue weighted by molar-refractivity contribution is 0.146. The minimum Gasteiger partial charge on any atom is -0.493 e. The van der Waals surface area contributed by atoms with Crippen molar-refractivity contribution in [1.82, 2.24) is 14.9 Å². The van der Waals surface area contributed by atoms with E-state index >= 15 is 0 Å². The smallest absolute Gasteiger partial charge is 0.164 e. The van der Waals surface area contributed by atoms with Crippen LogP contribution in [0.15, 0.2) is 71.4 Å². The van der Waals surface area contributed by atoms with Gasteiger partial charge in [-0.1, -0.05) is 11.6 Å². The van der Waals surface area contributed by atoms with Crippen molar-refractivity contribution in [2.24, 2.45) is 0 Å². The lowest BCUT2D eigenvalue weighted by Crippen LogP contribution is -2.24. The summed E-state index contributed by atoms with van der Waals surface area (Å²) < 4.78 is 37.3. The van der Waals surface area contributed by atoms with Gasteiger partial charge in [-0.3, -0.25) is 0 Å². The zero-order valence-electron chi connectivity index (χ0n) is 17.7. The van der Waals surface area contributed by atoms with Gasteiger partial charge in [-0.2, -0.15) is 0 Å². The van der Waals surface area contributed by atoms with Crippen LogP contribution in [-0.4, -0.2) is 35.2 Å². The van der Waals surface area contributed by atoms with Gasteiger partial charge in [0.05, 0.1) is 35.2 Å². The fraction of sp³-hybridized carbons (Fsp3) is 0.130. The number of methoxy groups -OCH3 is 1. The zero-order chi connectivity index (χ0) is 23.7. The largest absolute Gasteiger partial charge is 0.493 e. The number of ether oxygens (including phenoxy) is 4. The van der Waals surface area contributed by atoms with Gasteiger partial charge in [-0.25, -0.2) is 14.4 Å². The maximum absolute atomic E-state index is 14.4. The Balaban J connectivity index is 1.41. The second-order valence-corrected chi connectivity index (χ2v) is 8.49. The van der Waals surface area contributed by atoms with Crippen LogP contribution in [0.1, 0.15) is 0 Å². The molecule has 3 aromatic rings. The molecule has 2 aliphatic heterocycles. The van der Waals surface area contributed by atoms with E-state index in [9.17, 15) is 4.39 Å². The highest BCUT2D eigenvalue weighted by molar-refractivity contribution is 9.10. The number of fused-ring (bicyclic) bond motifs is 2. The number of hydrogen-bond donors (Lipinski definition) is 1. The second kappa shape index (κ2) is 9.40. The van der Waals surface area contributed by atoms with Crippen molar-refractivity contribution in [3.05, 3.63) is 82.3 Å². The average Bonchev–Trinajstić information content (AvgIpc) is 2.85. The van der Waals surface area contributed by atoms with Crippen molar-refractivity contribution in [3.63, 3.8) is 0 Å². The molecule has 3 heterocycles. The lowest BCUT2D eigenvalue weighted by Gasteiger charge is -2.28. The van der Waals surface area contributed by atoms with E-state index < -0.39 is 5.82 Å². The van der Waals surface area contributed by atoms with Crippen LogP contribution in [0.2, 0.25) is 5.02 Å². The molecule has 0 unspecified atom stereocenters. The van der Waals surface area contributed by atoms with Gasteiger partial charge in [0, 0.05) is 22.1 Å². The van der Waals surface area contributed by atoms with Crippen molar-refractivity contribution < 1.29 is 23.3 Å². The van der Waals surface area contributed by atoms with Crippen molar-refractivity contribution in [3.8, 4) is 11.5 Å². The minimum absolute atomic E-state index is 0.180. The standard InChI is InChI=1S/C23H17BrClFN4O4/c1-31-21-4-15-19(27-12-28-23(15)29-20-6-17(25)16(24)5-18(20)26)7-22(21)34-11-14-8-30-2-3-32-9-13(30)10-33-14/h2-9,12H,10-11H2,1H3,(H,27,28,29). The fourth-order valence-electron chi connectivity index (χ4n) is 3.38. The van der Waals surface area contributed by atoms with Crippen LogP contribution in [0.3, 0.4) is 0 Å². The number of benzene rings is 2. The van der Waals surface area contributed by atoms with Crippen molar-refractivity contribution in [2.75, 3.05) is 25.6 Å². The number of aromatic nitrogens is 2. The Kier molecular flexibility index (Phi) is 6.16. The highest BCUT2D eigenvalue weighted by Crippen LogP contribution is 2.36. The summed E-state index contributed by atoms with van der Waals surface area (Å²) in [6, 6.07) is 6.22. The molecule has 0 atom stereocenters. The van der Waals surface area contributed by atoms with Crippen LogP contribution in [0.5, 0.6) is 11.5 Å². The van der Waals surface area contributed by atoms with Crippen LogP contribution >= 0.6 is 27.5 Å². The molecule has 0 bridgehead atoms. The summed E-state index contributed by atoms with van der Waals surface area (Å²) in [7, 11) is 1.53. The Labute approximate surface area is 207 Å². The van der Waals surface area contributed by atoms with Crippen LogP contribution in [0, 0.1) is 5.82 Å². The molecule has 0 amide bonds. The van der Waals surface area contributed by atoms with Gasteiger partial charge in [0.15, 0.2) is 17.3 Å². The summed E-state index contributed by atoms with van der Waals surface area (Å²) in [6.07, 6.45) is 8.20. The molecule has 8 nitrogen and oxygen atoms in total. The van der Waals surface area contributed by atoms with Crippen LogP contribution in [0.25, 0.3) is 10.9 Å². The number of halogens is 3. The van der Waals surface area contributed by atoms with Crippen LogP contribution < -0.4 is 14.8 Å². The Morgan fingerprint density at radius 3 is 2.97 bits per heavy atom. The number of rotatable bonds is 6. The van der Waals surface area contributed by atoms with Gasteiger partial charge in [0.2, 0.25) is 0 Å². The summed E-state index contributed by atoms with van der Waals surface area (Å²) >= 11 is 9.33. The van der Waals surface area contributed by atoms with Crippen molar-refractivity contribution >= 4 is 49.9 Å². The molecule has 1 aromatic heterocycles. The van der Waals surface area contributed by atoms with E-state index in [4.69, 9.17) is 30.5 Å². The van der Waals surface area contributed by atoms with E-state index in [-0.39, 0.29) is 12.3 Å². The van der Waals surface area contributed by atoms with Crippen LogP contribution in [-0.2, 0) is 9.47 Å². The third-order valence-electron chi connectivity index (χ3n) is 5.08. The summed E-state index contributed by atoms with van der Waals surface area (Å²) in [5, 5.41) is 3.96. The van der Waals surface area contributed by atoms with E-state index in [2.05, 4.69) is 31.2 Å². The molecule has 2 aliphatic rings. The first-order valence-electron chi connectivity index (χ1n) is 10.0. The zero-order valence-corrected chi connectivity index (χ0v) is 20.1. The number of hydrogen-bond acceptors (Lipinski definition) is 8. The molecule has 2 aromatic carbocycles. The van der Waals surface area contributed by atoms with E-state index in [1.807, 2.05) is 11.1 Å². The number of nitrogens with zero attached hydrogens (tertiary/aromatic N) is 3. The first kappa shape index (κ1) is 22.3. The number of anilines is 2. The lowest BCUT2D eigenvalue weighted by atomic mass is 10.2. The first-order chi connectivity index (χ1) is 16.5. The molecule has 0 fully saturated rings. The van der Waals surface area contributed by atoms with Gasteiger partial charge in [-0.15, -0.1) is 0 Å². The Morgan fingerprint density at radius 2 is 2.12 bits per heavy atom. The first-order valence-corrected chi connectivity index (χ1v) is 11.2. The van der Waals surface area contributed by atoms with Gasteiger partial charge in [-0.05, 0) is 34.1 Å². The summed E-state index contributed by atoms with van der Waals surface area (Å²) in [6.45, 7) is 0.548. The highest BCUT2D eigenvalue weighted by Gasteiger charge is 2.19. The molecule has 0 saturated carbocycles. The third kappa shape index (κ3) is 4.46. The highest BCUT2D eigenvalue weighted by atomic mass is 79.9. The monoisotopic (exact) mass is 546 g/mol. The SMILES string of the molecule is COc1cc2c(Nc3cc(Cl)c(Br)cc3F)ncnc2cc1OCC1=CN2C=COC=C2CO1. The molecule has 0 saturated heterocycles. The normalized spacial score (nSPS) is 14.5. The Bertz CT molecular complexity index is 1360. The molecule has 0 radical (unpaired) electrons. The van der Waals surface area contributed by atoms with Gasteiger partial charge >= 0.3 is 0 Å². The third-order valence-corrected chi connectivity index (χ3v) is 6.28. The molecular weight excluding hydrogens is 531 g/mol. The maximum Gasteiger partial charge on any atom is 0.164 e. The quantitative estimate of drug-likeness (QED) is 0.386. The van der Waals surface area contributed by atoms with E-state index in [1.54, 1.807) is 30.9 Å². The predicted octanol–water partition coefficient (Wildman–Crippen LogP) is 5.83. The summed E-state index contributed by atoms with van der Waals surface area (Å²) in [5.41, 5.74) is 1.64. The summed E-state index contributed by atoms with van der Waals surface area (Å²) in [5.74, 6) is 1.48. The topological polar surface area (TPSA) is 78.0 Å². The van der Waals surface area contributed by atoms with E-state index in [0.29, 0.717) is 50.1 Å². The Morgan fingerprint density at radius 1 is 1.24 bits per heavy atom. The number of nitrogens with one attached hydrogen (secondary N) is 1. The summed E-state index contributed by atoms with van der Waals surface area (Å²) in [4.78, 5) is 10.5. The maximum atomic E-state index is 14.4. The van der Waals surface area contributed by atoms with Gasteiger partial charge in [0.25, 0.3) is 0 Å². The molecule has 174 valence electrons. The van der Waals surface area contributed by atoms with E-state index in [1.165, 1.54) is 25.6 Å². The second-order valence-electron chi connectivity index (χ2n) is 7.22. The van der Waals surface area contributed by atoms with Gasteiger partial charge in [0.1, 0.15) is 43.7 Å². The molecule has 0 aliphatic carbocycles. The molecule has 1 N–H and O–H groups in total. The molecule has 34 heavy (non-hydrogen) atoms. The fourth-order valence-corrected chi connectivity index (χ4v) is 3.86. The predicted molar refractivity (Wildman–Crippen MR) is 128 cm³/mol. The van der Waals surface area contributed by atoms with E-state index in [0.717, 1.165) is 5.70 Å². The van der Waals surface area contributed by atoms with Crippen molar-refractivity contribution in [1.29, 1.82) is 0 Å². The molecule has 11 heteroatoms.